The van der Waals surface area contributed by atoms with E-state index in [-0.39, 0.29) is 41.7 Å². The van der Waals surface area contributed by atoms with Crippen LogP contribution < -0.4 is 10.6 Å². The van der Waals surface area contributed by atoms with Gasteiger partial charge in [0, 0.05) is 43.3 Å². The van der Waals surface area contributed by atoms with Crippen LogP contribution in [0.3, 0.4) is 0 Å². The lowest BCUT2D eigenvalue weighted by Gasteiger charge is -2.46. The summed E-state index contributed by atoms with van der Waals surface area (Å²) in [6.07, 6.45) is -0.0615. The highest BCUT2D eigenvalue weighted by Crippen LogP contribution is 2.53. The Bertz CT molecular complexity index is 1590. The highest BCUT2D eigenvalue weighted by molar-refractivity contribution is 6.22. The molecule has 5 rings (SSSR count). The van der Waals surface area contributed by atoms with Crippen molar-refractivity contribution < 1.29 is 34.8 Å². The number of carbonyl (C=O) groups is 3. The molecule has 0 aromatic heterocycles. The molecule has 39 heavy (non-hydrogen) atoms. The molecular weight excluding hydrogens is 500 g/mol. The van der Waals surface area contributed by atoms with Gasteiger partial charge in [0.05, 0.1) is 11.1 Å². The van der Waals surface area contributed by atoms with Gasteiger partial charge in [-0.25, -0.2) is 0 Å². The number of phenolic OH excluding ortho intramolecular Hbond substituents is 1. The third-order valence-corrected chi connectivity index (χ3v) is 7.92. The lowest BCUT2D eigenvalue weighted by atomic mass is 9.59. The Morgan fingerprint density at radius 1 is 1.08 bits per heavy atom. The summed E-state index contributed by atoms with van der Waals surface area (Å²) in [4.78, 5) is 39.9. The van der Waals surface area contributed by atoms with Crippen molar-refractivity contribution >= 4 is 28.9 Å². The van der Waals surface area contributed by atoms with E-state index in [0.717, 1.165) is 11.1 Å². The van der Waals surface area contributed by atoms with Crippen molar-refractivity contribution in [3.05, 3.63) is 75.1 Å². The Kier molecular flexibility index (Phi) is 6.04. The summed E-state index contributed by atoms with van der Waals surface area (Å²) >= 11 is 0. The molecule has 2 aromatic carbocycles. The van der Waals surface area contributed by atoms with E-state index >= 15 is 0 Å². The number of amides is 1. The maximum Gasteiger partial charge on any atom is 0.255 e. The van der Waals surface area contributed by atoms with Crippen LogP contribution in [0.25, 0.3) is 5.76 Å². The first-order valence-electron chi connectivity index (χ1n) is 12.5. The van der Waals surface area contributed by atoms with Crippen LogP contribution in [0, 0.1) is 30.6 Å². The fraction of sp³-hybridized carbons (Fsp3) is 0.300. The number of rotatable bonds is 2. The lowest BCUT2D eigenvalue weighted by Crippen LogP contribution is -2.58. The number of benzene rings is 2. The molecule has 0 aliphatic heterocycles. The third-order valence-electron chi connectivity index (χ3n) is 7.92. The molecule has 9 heteroatoms. The smallest absolute Gasteiger partial charge is 0.255 e. The minimum absolute atomic E-state index is 0.0153. The maximum atomic E-state index is 13.7. The fourth-order valence-electron chi connectivity index (χ4n) is 5.94. The quantitative estimate of drug-likeness (QED) is 0.293. The predicted molar refractivity (Wildman–Crippen MR) is 143 cm³/mol. The van der Waals surface area contributed by atoms with E-state index in [1.165, 1.54) is 0 Å². The molecule has 1 saturated carbocycles. The number of hydrogen-bond donors (Lipinski definition) is 5. The minimum Gasteiger partial charge on any atom is -0.508 e. The zero-order valence-electron chi connectivity index (χ0n) is 21.7. The van der Waals surface area contributed by atoms with Crippen molar-refractivity contribution in [2.24, 2.45) is 17.6 Å². The summed E-state index contributed by atoms with van der Waals surface area (Å²) in [5.74, 6) is -0.656. The van der Waals surface area contributed by atoms with Crippen LogP contribution in [0.1, 0.15) is 40.7 Å². The maximum absolute atomic E-state index is 13.7. The molecule has 1 amide bonds. The monoisotopic (exact) mass is 528 g/mol. The first-order chi connectivity index (χ1) is 18.4. The van der Waals surface area contributed by atoms with Gasteiger partial charge in [-0.15, -0.1) is 0 Å². The lowest BCUT2D eigenvalue weighted by molar-refractivity contribution is -0.147. The molecule has 3 unspecified atom stereocenters. The van der Waals surface area contributed by atoms with E-state index in [1.807, 2.05) is 36.1 Å². The molecule has 0 heterocycles. The fourth-order valence-corrected chi connectivity index (χ4v) is 5.94. The summed E-state index contributed by atoms with van der Waals surface area (Å²) < 4.78 is 0. The summed E-state index contributed by atoms with van der Waals surface area (Å²) in [5, 5.41) is 44.8. The first-order valence-corrected chi connectivity index (χ1v) is 12.5. The van der Waals surface area contributed by atoms with E-state index in [1.54, 1.807) is 20.2 Å². The van der Waals surface area contributed by atoms with Crippen LogP contribution in [0.15, 0.2) is 47.2 Å². The summed E-state index contributed by atoms with van der Waals surface area (Å²) in [5.41, 5.74) is 4.94. The van der Waals surface area contributed by atoms with Gasteiger partial charge in [0.2, 0.25) is 5.78 Å². The molecule has 3 aliphatic rings. The van der Waals surface area contributed by atoms with Crippen molar-refractivity contribution in [2.45, 2.75) is 31.8 Å². The second-order valence-electron chi connectivity index (χ2n) is 10.6. The summed E-state index contributed by atoms with van der Waals surface area (Å²) in [6, 6.07) is 9.24. The Morgan fingerprint density at radius 3 is 2.36 bits per heavy atom. The van der Waals surface area contributed by atoms with Crippen LogP contribution >= 0.6 is 0 Å². The number of ketones is 2. The molecule has 0 spiro atoms. The topological polar surface area (TPSA) is 161 Å². The van der Waals surface area contributed by atoms with Gasteiger partial charge in [-0.1, -0.05) is 29.5 Å². The van der Waals surface area contributed by atoms with Crippen molar-refractivity contribution in [1.82, 2.24) is 0 Å². The zero-order chi connectivity index (χ0) is 28.4. The number of fused-ring (bicyclic) bond motifs is 3. The highest BCUT2D eigenvalue weighted by Gasteiger charge is 2.60. The number of primary amides is 1. The average molecular weight is 529 g/mol. The van der Waals surface area contributed by atoms with E-state index < -0.39 is 52.0 Å². The number of nitrogens with zero attached hydrogens (tertiary/aromatic N) is 1. The van der Waals surface area contributed by atoms with Crippen molar-refractivity contribution in [1.29, 1.82) is 0 Å². The van der Waals surface area contributed by atoms with Gasteiger partial charge < -0.3 is 31.1 Å². The number of phenols is 1. The summed E-state index contributed by atoms with van der Waals surface area (Å²) in [7, 11) is 3.61. The number of nitrogens with two attached hydrogens (primary N) is 1. The zero-order valence-corrected chi connectivity index (χ0v) is 21.7. The first kappa shape index (κ1) is 26.1. The van der Waals surface area contributed by atoms with Crippen LogP contribution in [-0.4, -0.2) is 57.6 Å². The molecule has 2 aromatic rings. The molecule has 3 atom stereocenters. The molecule has 1 fully saturated rings. The molecule has 3 aliphatic carbocycles. The van der Waals surface area contributed by atoms with Gasteiger partial charge in [0.15, 0.2) is 11.4 Å². The number of aliphatic hydroxyl groups is 3. The number of Topliss-reactive ketones (excluding diaryl/α,β-unsaturated/α-hetero) is 2. The molecule has 6 N–H and O–H groups in total. The van der Waals surface area contributed by atoms with Gasteiger partial charge in [-0.2, -0.15) is 0 Å². The molecule has 0 radical (unpaired) electrons. The normalized spacial score (nSPS) is 23.9. The number of aryl methyl sites for hydroxylation is 1. The van der Waals surface area contributed by atoms with Crippen LogP contribution in [0.2, 0.25) is 0 Å². The number of aliphatic hydroxyl groups excluding tert-OH is 2. The van der Waals surface area contributed by atoms with Gasteiger partial charge in [-0.3, -0.25) is 14.4 Å². The second-order valence-corrected chi connectivity index (χ2v) is 10.6. The molecular formula is C30H28N2O7. The standard InChI is InChI=1S/C30H28N2O7/c1-14-4-6-15(7-5-14)8-9-16-12-20(32(2)3)19-11-17-10-18-13-21(33)24(29(31)38)28(37)30(18,39)27(36)22(17)26(35)23(19)25(16)34/h4-7,12,17-18,34-35,37,39H,10-11,13H2,1-3H3,(H2,31,38). The average Bonchev–Trinajstić information content (AvgIpc) is 2.86. The van der Waals surface area contributed by atoms with E-state index in [4.69, 9.17) is 5.73 Å². The van der Waals surface area contributed by atoms with Crippen LogP contribution in [0.4, 0.5) is 5.69 Å². The van der Waals surface area contributed by atoms with Crippen molar-refractivity contribution in [3.8, 4) is 17.6 Å². The highest BCUT2D eigenvalue weighted by atomic mass is 16.3. The number of anilines is 1. The third kappa shape index (κ3) is 3.87. The summed E-state index contributed by atoms with van der Waals surface area (Å²) in [6.45, 7) is 1.96. The van der Waals surface area contributed by atoms with Gasteiger partial charge in [0.1, 0.15) is 22.8 Å². The Morgan fingerprint density at radius 2 is 1.74 bits per heavy atom. The van der Waals surface area contributed by atoms with Gasteiger partial charge >= 0.3 is 0 Å². The van der Waals surface area contributed by atoms with Gasteiger partial charge in [0.25, 0.3) is 5.91 Å². The second kappa shape index (κ2) is 9.03. The van der Waals surface area contributed by atoms with Crippen molar-refractivity contribution in [3.63, 3.8) is 0 Å². The Labute approximate surface area is 224 Å². The minimum atomic E-state index is -2.60. The number of aromatic hydroxyl groups is 1. The van der Waals surface area contributed by atoms with E-state index in [0.29, 0.717) is 11.3 Å². The van der Waals surface area contributed by atoms with Crippen LogP contribution in [0.5, 0.6) is 5.75 Å². The Balaban J connectivity index is 1.69. The largest absolute Gasteiger partial charge is 0.508 e. The number of carbonyl (C=O) groups excluding carboxylic acids is 3. The van der Waals surface area contributed by atoms with E-state index in [9.17, 15) is 34.8 Å². The SMILES string of the molecule is Cc1ccc(C#Cc2cc(N(C)C)c3c(c2O)C(O)=C2C(=O)C4(O)C(O)=C(C(N)=O)C(=O)CC4CC2C3)cc1. The Hall–Kier alpha value is -4.55. The number of hydrogen-bond acceptors (Lipinski definition) is 8. The molecule has 200 valence electrons. The van der Waals surface area contributed by atoms with Crippen molar-refractivity contribution in [2.75, 3.05) is 19.0 Å². The van der Waals surface area contributed by atoms with Gasteiger partial charge in [-0.05, 0) is 49.4 Å². The predicted octanol–water partition coefficient (Wildman–Crippen LogP) is 2.20. The molecule has 9 nitrogen and oxygen atoms in total. The molecule has 0 bridgehead atoms. The van der Waals surface area contributed by atoms with Crippen LogP contribution in [-0.2, 0) is 20.8 Å². The molecule has 0 saturated heterocycles. The van der Waals surface area contributed by atoms with E-state index in [2.05, 4.69) is 11.8 Å².